The van der Waals surface area contributed by atoms with Gasteiger partial charge in [-0.25, -0.2) is 0 Å². The molecule has 7 heavy (non-hydrogen) atoms. The van der Waals surface area contributed by atoms with Gasteiger partial charge in [0.25, 0.3) is 0 Å². The largest absolute Gasteiger partial charge is 0.677 e. The molecule has 1 amide bonds. The number of hydroxylamine groups is 1. The monoisotopic (exact) mass is 122 g/mol. The first kappa shape index (κ1) is 6.74. The van der Waals surface area contributed by atoms with Crippen LogP contribution in [0, 0.1) is 0 Å². The van der Waals surface area contributed by atoms with Crippen LogP contribution < -0.4 is 5.48 Å². The Morgan fingerprint density at radius 1 is 1.86 bits per heavy atom. The van der Waals surface area contributed by atoms with Gasteiger partial charge in [0, 0.05) is 0 Å². The number of ether oxygens (including phenoxy) is 1. The molecule has 0 saturated carbocycles. The summed E-state index contributed by atoms with van der Waals surface area (Å²) in [5.41, 5.74) is 2.75. The first-order chi connectivity index (χ1) is 3.31. The molecule has 0 aliphatic carbocycles. The third-order valence-electron chi connectivity index (χ3n) is 0.290. The van der Waals surface area contributed by atoms with Gasteiger partial charge >= 0.3 is 11.6 Å². The second-order valence-corrected chi connectivity index (χ2v) is 0.806. The second kappa shape index (κ2) is 3.91. The highest BCUT2D eigenvalue weighted by Crippen LogP contribution is 1.76. The number of carbonyl (C=O) groups is 1. The lowest BCUT2D eigenvalue weighted by Crippen LogP contribution is -2.10. The Kier molecular flexibility index (Phi) is 3.77. The number of hydrogen-bond donors (Lipinski definition) is 1. The number of thiol groups is 1. The van der Waals surface area contributed by atoms with Crippen molar-refractivity contribution in [2.45, 2.75) is 0 Å². The Bertz CT molecular complexity index is 66.0. The molecule has 2 radical (unpaired) electrons. The van der Waals surface area contributed by atoms with Gasteiger partial charge in [-0.3, -0.25) is 0 Å². The SMILES string of the molecule is COC(=O)[N+]OS. The van der Waals surface area contributed by atoms with Crippen LogP contribution in [0.3, 0.4) is 0 Å². The highest BCUT2D eigenvalue weighted by molar-refractivity contribution is 7.75. The number of hydrogen-bond acceptors (Lipinski definition) is 4. The molecule has 0 fully saturated rings. The van der Waals surface area contributed by atoms with Crippen LogP contribution in [-0.4, -0.2) is 13.2 Å². The maximum Gasteiger partial charge on any atom is 0.677 e. The van der Waals surface area contributed by atoms with E-state index in [2.05, 4.69) is 27.4 Å². The first-order valence-electron chi connectivity index (χ1n) is 1.41. The van der Waals surface area contributed by atoms with Crippen molar-refractivity contribution in [2.24, 2.45) is 0 Å². The zero-order chi connectivity index (χ0) is 5.70. The van der Waals surface area contributed by atoms with Gasteiger partial charge in [-0.1, -0.05) is 0 Å². The summed E-state index contributed by atoms with van der Waals surface area (Å²) < 4.78 is 7.75. The summed E-state index contributed by atoms with van der Waals surface area (Å²) in [7, 11) is 1.19. The van der Waals surface area contributed by atoms with Gasteiger partial charge < -0.3 is 4.74 Å². The Hall–Kier alpha value is -0.260. The number of carbonyl (C=O) groups excluding carboxylic acids is 1. The highest BCUT2D eigenvalue weighted by atomic mass is 32.1. The summed E-state index contributed by atoms with van der Waals surface area (Å²) in [5.74, 6) is 0. The fourth-order valence-corrected chi connectivity index (χ4v) is 0.137. The van der Waals surface area contributed by atoms with E-state index in [0.717, 1.165) is 0 Å². The van der Waals surface area contributed by atoms with Crippen LogP contribution in [0.25, 0.3) is 0 Å². The predicted octanol–water partition coefficient (Wildman–Crippen LogP) is 0.134. The Morgan fingerprint density at radius 2 is 2.43 bits per heavy atom. The molecule has 0 saturated heterocycles. The van der Waals surface area contributed by atoms with E-state index in [1.165, 1.54) is 7.11 Å². The van der Waals surface area contributed by atoms with Crippen molar-refractivity contribution in [1.29, 1.82) is 0 Å². The van der Waals surface area contributed by atoms with Crippen LogP contribution in [0.1, 0.15) is 0 Å². The summed E-state index contributed by atoms with van der Waals surface area (Å²) in [6.45, 7) is 0. The fraction of sp³-hybridized carbons (Fsp3) is 0.500. The molecular formula is C2H4NO3S+. The van der Waals surface area contributed by atoms with Gasteiger partial charge in [0.15, 0.2) is 0 Å². The lowest BCUT2D eigenvalue weighted by atomic mass is 11.2. The van der Waals surface area contributed by atoms with Crippen LogP contribution >= 0.6 is 12.9 Å². The van der Waals surface area contributed by atoms with Crippen molar-refractivity contribution in [2.75, 3.05) is 7.11 Å². The van der Waals surface area contributed by atoms with Crippen molar-refractivity contribution in [3.63, 3.8) is 0 Å². The molecule has 0 bridgehead atoms. The molecule has 0 aliphatic heterocycles. The third kappa shape index (κ3) is 3.57. The lowest BCUT2D eigenvalue weighted by Gasteiger charge is -1.73. The number of rotatable bonds is 1. The van der Waals surface area contributed by atoms with Crippen LogP contribution in [0.2, 0.25) is 0 Å². The molecule has 0 heterocycles. The van der Waals surface area contributed by atoms with Crippen LogP contribution in [0.5, 0.6) is 0 Å². The standard InChI is InChI=1S/C2H4NO3S/c1-5-2(4)3-6-7/h7H,1H3/q+1. The molecular weight excluding hydrogens is 118 g/mol. The first-order valence-corrected chi connectivity index (χ1v) is 1.77. The van der Waals surface area contributed by atoms with Crippen molar-refractivity contribution in [3.05, 3.63) is 0 Å². The molecule has 0 aliphatic rings. The van der Waals surface area contributed by atoms with Gasteiger partial charge in [0.2, 0.25) is 0 Å². The average Bonchev–Trinajstić information content (AvgIpc) is 1.68. The Labute approximate surface area is 46.4 Å². The summed E-state index contributed by atoms with van der Waals surface area (Å²) in [6, 6.07) is 0. The van der Waals surface area contributed by atoms with Crippen molar-refractivity contribution < 1.29 is 13.8 Å². The zero-order valence-corrected chi connectivity index (χ0v) is 4.51. The van der Waals surface area contributed by atoms with E-state index < -0.39 is 6.09 Å². The van der Waals surface area contributed by atoms with Crippen LogP contribution in [-0.2, 0) is 9.02 Å². The third-order valence-corrected chi connectivity index (χ3v) is 0.372. The fourth-order valence-electron chi connectivity index (χ4n) is 0.0706. The quantitative estimate of drug-likeness (QED) is 0.305. The molecule has 0 aromatic carbocycles. The normalized spacial score (nSPS) is 8.29. The van der Waals surface area contributed by atoms with E-state index in [0.29, 0.717) is 0 Å². The second-order valence-electron chi connectivity index (χ2n) is 0.643. The molecule has 0 atom stereocenters. The molecule has 0 aromatic rings. The van der Waals surface area contributed by atoms with E-state index in [9.17, 15) is 4.79 Å². The van der Waals surface area contributed by atoms with Gasteiger partial charge in [-0.2, -0.15) is 4.79 Å². The van der Waals surface area contributed by atoms with Gasteiger partial charge in [0.1, 0.15) is 0 Å². The molecule has 4 nitrogen and oxygen atoms in total. The maximum absolute atomic E-state index is 9.85. The molecule has 0 spiro atoms. The smallest absolute Gasteiger partial charge is 0.412 e. The van der Waals surface area contributed by atoms with Gasteiger partial charge in [-0.15, -0.1) is 0 Å². The molecule has 40 valence electrons. The average molecular weight is 122 g/mol. The highest BCUT2D eigenvalue weighted by Gasteiger charge is 2.20. The van der Waals surface area contributed by atoms with Gasteiger partial charge in [0.05, 0.1) is 20.0 Å². The molecule has 0 rings (SSSR count). The Balaban J connectivity index is 3.00. The summed E-state index contributed by atoms with van der Waals surface area (Å²) in [4.78, 5) is 9.85. The minimum atomic E-state index is -0.796. The van der Waals surface area contributed by atoms with E-state index in [1.807, 2.05) is 0 Å². The predicted molar refractivity (Wildman–Crippen MR) is 24.6 cm³/mol. The molecule has 0 unspecified atom stereocenters. The topological polar surface area (TPSA) is 49.6 Å². The number of nitrogens with zero attached hydrogens (tertiary/aromatic N) is 1. The molecule has 0 aromatic heterocycles. The van der Waals surface area contributed by atoms with E-state index in [1.54, 1.807) is 0 Å². The van der Waals surface area contributed by atoms with E-state index >= 15 is 0 Å². The molecule has 5 heteroatoms. The lowest BCUT2D eigenvalue weighted by molar-refractivity contribution is 0.126. The van der Waals surface area contributed by atoms with Gasteiger partial charge in [-0.05, 0) is 4.28 Å². The Morgan fingerprint density at radius 3 is 2.57 bits per heavy atom. The van der Waals surface area contributed by atoms with Crippen molar-refractivity contribution in [1.82, 2.24) is 5.48 Å². The van der Waals surface area contributed by atoms with Crippen molar-refractivity contribution in [3.8, 4) is 0 Å². The minimum absolute atomic E-state index is 0.796. The summed E-state index contributed by atoms with van der Waals surface area (Å²) >= 11 is 3.15. The molecule has 0 N–H and O–H groups in total. The number of amides is 1. The zero-order valence-electron chi connectivity index (χ0n) is 3.62. The van der Waals surface area contributed by atoms with Crippen LogP contribution in [0.15, 0.2) is 0 Å². The van der Waals surface area contributed by atoms with E-state index in [4.69, 9.17) is 0 Å². The van der Waals surface area contributed by atoms with Crippen LogP contribution in [0.4, 0.5) is 4.79 Å². The maximum atomic E-state index is 9.85. The van der Waals surface area contributed by atoms with Crippen molar-refractivity contribution >= 4 is 19.0 Å². The van der Waals surface area contributed by atoms with E-state index in [-0.39, 0.29) is 0 Å². The summed E-state index contributed by atoms with van der Waals surface area (Å²) in [6.07, 6.45) is -0.796. The minimum Gasteiger partial charge on any atom is -0.412 e. The summed E-state index contributed by atoms with van der Waals surface area (Å²) in [5, 5.41) is 0. The number of methoxy groups -OCH3 is 1.